The lowest BCUT2D eigenvalue weighted by Gasteiger charge is -2.22. The van der Waals surface area contributed by atoms with Crippen LogP contribution in [0.2, 0.25) is 0 Å². The van der Waals surface area contributed by atoms with Gasteiger partial charge in [-0.1, -0.05) is 6.92 Å². The molecule has 0 atom stereocenters. The zero-order valence-corrected chi connectivity index (χ0v) is 12.1. The van der Waals surface area contributed by atoms with Crippen molar-refractivity contribution in [3.05, 3.63) is 29.0 Å². The Morgan fingerprint density at radius 1 is 1.47 bits per heavy atom. The Morgan fingerprint density at radius 2 is 2.26 bits per heavy atom. The van der Waals surface area contributed by atoms with E-state index in [0.29, 0.717) is 6.54 Å². The van der Waals surface area contributed by atoms with E-state index >= 15 is 0 Å². The third kappa shape index (κ3) is 3.20. The van der Waals surface area contributed by atoms with Gasteiger partial charge in [0.05, 0.1) is 11.2 Å². The van der Waals surface area contributed by atoms with Crippen molar-refractivity contribution in [1.29, 1.82) is 0 Å². The molecule has 0 unspecified atom stereocenters. The van der Waals surface area contributed by atoms with Gasteiger partial charge in [-0.15, -0.1) is 0 Å². The van der Waals surface area contributed by atoms with Crippen LogP contribution in [0, 0.1) is 0 Å². The highest BCUT2D eigenvalue weighted by molar-refractivity contribution is 9.10. The van der Waals surface area contributed by atoms with Crippen molar-refractivity contribution in [2.45, 2.75) is 13.3 Å². The Balaban J connectivity index is 2.49. The van der Waals surface area contributed by atoms with E-state index < -0.39 is 5.97 Å². The molecule has 2 rings (SSSR count). The lowest BCUT2D eigenvalue weighted by Crippen LogP contribution is -2.30. The Morgan fingerprint density at radius 3 is 2.95 bits per heavy atom. The summed E-state index contributed by atoms with van der Waals surface area (Å²) in [6.45, 7) is 2.65. The largest absolute Gasteiger partial charge is 0.480 e. The summed E-state index contributed by atoms with van der Waals surface area (Å²) in [5.74, 6) is -0.851. The highest BCUT2D eigenvalue weighted by atomic mass is 79.9. The van der Waals surface area contributed by atoms with Gasteiger partial charge in [0, 0.05) is 23.4 Å². The first-order valence-corrected chi connectivity index (χ1v) is 6.78. The van der Waals surface area contributed by atoms with Crippen LogP contribution >= 0.6 is 15.9 Å². The minimum absolute atomic E-state index is 0.0370. The van der Waals surface area contributed by atoms with Gasteiger partial charge in [0.1, 0.15) is 12.1 Å². The van der Waals surface area contributed by atoms with Crippen molar-refractivity contribution in [1.82, 2.24) is 9.97 Å². The number of hydrogen-bond acceptors (Lipinski definition) is 4. The summed E-state index contributed by atoms with van der Waals surface area (Å²) in [5, 5.41) is 9.00. The molecule has 0 saturated carbocycles. The number of halogens is 1. The molecule has 0 amide bonds. The van der Waals surface area contributed by atoms with E-state index in [1.807, 2.05) is 24.0 Å². The predicted octanol–water partition coefficient (Wildman–Crippen LogP) is 2.69. The van der Waals surface area contributed by atoms with Crippen LogP contribution in [-0.4, -0.2) is 34.1 Å². The van der Waals surface area contributed by atoms with Gasteiger partial charge in [0.15, 0.2) is 0 Å². The molecule has 0 fully saturated rings. The van der Waals surface area contributed by atoms with E-state index in [-0.39, 0.29) is 6.54 Å². The number of rotatable bonds is 5. The first kappa shape index (κ1) is 13.7. The highest BCUT2D eigenvalue weighted by Crippen LogP contribution is 2.25. The van der Waals surface area contributed by atoms with Crippen LogP contribution in [0.15, 0.2) is 29.0 Å². The van der Waals surface area contributed by atoms with Crippen molar-refractivity contribution in [3.63, 3.8) is 0 Å². The fraction of sp³-hybridized carbons (Fsp3) is 0.308. The molecule has 0 aliphatic heterocycles. The van der Waals surface area contributed by atoms with Crippen LogP contribution < -0.4 is 4.90 Å². The number of carboxylic acid groups (broad SMARTS) is 1. The van der Waals surface area contributed by atoms with Crippen molar-refractivity contribution < 1.29 is 9.90 Å². The maximum absolute atomic E-state index is 11.0. The summed E-state index contributed by atoms with van der Waals surface area (Å²) in [6, 6.07) is 3.68. The number of carboxylic acids is 1. The Bertz CT molecular complexity index is 603. The van der Waals surface area contributed by atoms with E-state index in [1.165, 1.54) is 0 Å². The average molecular weight is 324 g/mol. The van der Waals surface area contributed by atoms with Crippen LogP contribution in [0.25, 0.3) is 11.0 Å². The quantitative estimate of drug-likeness (QED) is 0.916. The lowest BCUT2D eigenvalue weighted by atomic mass is 10.2. The third-order valence-corrected chi connectivity index (χ3v) is 3.12. The second kappa shape index (κ2) is 5.97. The average Bonchev–Trinajstić information content (AvgIpc) is 2.36. The molecule has 2 heterocycles. The molecule has 6 heteroatoms. The van der Waals surface area contributed by atoms with Gasteiger partial charge in [0.25, 0.3) is 0 Å². The summed E-state index contributed by atoms with van der Waals surface area (Å²) in [6.07, 6.45) is 4.24. The molecule has 19 heavy (non-hydrogen) atoms. The first-order chi connectivity index (χ1) is 9.11. The number of carbonyl (C=O) groups is 1. The zero-order valence-electron chi connectivity index (χ0n) is 10.5. The summed E-state index contributed by atoms with van der Waals surface area (Å²) in [4.78, 5) is 21.4. The Hall–Kier alpha value is -1.69. The third-order valence-electron chi connectivity index (χ3n) is 2.68. The first-order valence-electron chi connectivity index (χ1n) is 5.99. The second-order valence-electron chi connectivity index (χ2n) is 4.17. The van der Waals surface area contributed by atoms with Gasteiger partial charge in [-0.2, -0.15) is 0 Å². The molecular weight excluding hydrogens is 310 g/mol. The Kier molecular flexibility index (Phi) is 4.31. The molecule has 0 saturated heterocycles. The minimum atomic E-state index is -0.851. The number of anilines is 1. The van der Waals surface area contributed by atoms with Gasteiger partial charge in [-0.3, -0.25) is 14.8 Å². The van der Waals surface area contributed by atoms with E-state index in [2.05, 4.69) is 25.9 Å². The SMILES string of the molecule is CCCN(CC(=O)O)c1ccnc2cc(Br)cnc12. The van der Waals surface area contributed by atoms with Crippen LogP contribution in [0.1, 0.15) is 13.3 Å². The predicted molar refractivity (Wildman–Crippen MR) is 77.4 cm³/mol. The molecule has 100 valence electrons. The summed E-state index contributed by atoms with van der Waals surface area (Å²) in [7, 11) is 0. The number of fused-ring (bicyclic) bond motifs is 1. The van der Waals surface area contributed by atoms with Gasteiger partial charge >= 0.3 is 5.97 Å². The molecule has 1 N–H and O–H groups in total. The smallest absolute Gasteiger partial charge is 0.323 e. The van der Waals surface area contributed by atoms with E-state index in [4.69, 9.17) is 5.11 Å². The van der Waals surface area contributed by atoms with Gasteiger partial charge in [-0.05, 0) is 34.5 Å². The fourth-order valence-electron chi connectivity index (χ4n) is 1.96. The van der Waals surface area contributed by atoms with E-state index in [9.17, 15) is 4.79 Å². The number of aliphatic carboxylic acids is 1. The zero-order chi connectivity index (χ0) is 13.8. The number of hydrogen-bond donors (Lipinski definition) is 1. The van der Waals surface area contributed by atoms with Crippen LogP contribution in [0.3, 0.4) is 0 Å². The molecule has 0 aromatic carbocycles. The van der Waals surface area contributed by atoms with Crippen molar-refractivity contribution in [3.8, 4) is 0 Å². The molecule has 0 spiro atoms. The van der Waals surface area contributed by atoms with Crippen molar-refractivity contribution in [2.75, 3.05) is 18.0 Å². The van der Waals surface area contributed by atoms with Crippen molar-refractivity contribution in [2.24, 2.45) is 0 Å². The monoisotopic (exact) mass is 323 g/mol. The van der Waals surface area contributed by atoms with Crippen LogP contribution in [0.4, 0.5) is 5.69 Å². The molecule has 0 aliphatic rings. The molecule has 0 radical (unpaired) electrons. The molecule has 0 aliphatic carbocycles. The maximum Gasteiger partial charge on any atom is 0.323 e. The van der Waals surface area contributed by atoms with E-state index in [1.54, 1.807) is 12.4 Å². The topological polar surface area (TPSA) is 66.3 Å². The lowest BCUT2D eigenvalue weighted by molar-refractivity contribution is -0.135. The summed E-state index contributed by atoms with van der Waals surface area (Å²) in [5.41, 5.74) is 2.28. The van der Waals surface area contributed by atoms with Gasteiger partial charge in [-0.25, -0.2) is 0 Å². The maximum atomic E-state index is 11.0. The van der Waals surface area contributed by atoms with Crippen molar-refractivity contribution >= 4 is 38.6 Å². The molecule has 5 nitrogen and oxygen atoms in total. The standard InChI is InChI=1S/C13H14BrN3O2/c1-2-5-17(8-12(18)19)11-3-4-15-10-6-9(14)7-16-13(10)11/h3-4,6-7H,2,5,8H2,1H3,(H,18,19). The molecule has 2 aromatic rings. The van der Waals surface area contributed by atoms with Gasteiger partial charge < -0.3 is 10.0 Å². The molecule has 2 aromatic heterocycles. The molecular formula is C13H14BrN3O2. The van der Waals surface area contributed by atoms with Gasteiger partial charge in [0.2, 0.25) is 0 Å². The minimum Gasteiger partial charge on any atom is -0.480 e. The number of aromatic nitrogens is 2. The fourth-order valence-corrected chi connectivity index (χ4v) is 2.28. The summed E-state index contributed by atoms with van der Waals surface area (Å²) < 4.78 is 0.852. The highest BCUT2D eigenvalue weighted by Gasteiger charge is 2.14. The molecule has 0 bridgehead atoms. The summed E-state index contributed by atoms with van der Waals surface area (Å²) >= 11 is 3.35. The second-order valence-corrected chi connectivity index (χ2v) is 5.08. The number of nitrogens with zero attached hydrogens (tertiary/aromatic N) is 3. The number of pyridine rings is 2. The Labute approximate surface area is 119 Å². The van der Waals surface area contributed by atoms with E-state index in [0.717, 1.165) is 27.6 Å². The van der Waals surface area contributed by atoms with Crippen LogP contribution in [0.5, 0.6) is 0 Å². The van der Waals surface area contributed by atoms with Crippen LogP contribution in [-0.2, 0) is 4.79 Å². The normalized spacial score (nSPS) is 10.6.